The van der Waals surface area contributed by atoms with Crippen LogP contribution >= 0.6 is 0 Å². The minimum absolute atomic E-state index is 0.00441. The van der Waals surface area contributed by atoms with E-state index in [1.807, 2.05) is 29.2 Å². The molecule has 2 aliphatic rings. The van der Waals surface area contributed by atoms with E-state index in [1.54, 1.807) is 30.5 Å². The quantitative estimate of drug-likeness (QED) is 0.274. The number of nitrogens with one attached hydrogen (secondary N) is 2. The van der Waals surface area contributed by atoms with E-state index in [1.165, 1.54) is 6.07 Å². The number of rotatable bonds is 9. The molecule has 2 N–H and O–H groups in total. The van der Waals surface area contributed by atoms with Crippen LogP contribution in [-0.2, 0) is 0 Å². The summed E-state index contributed by atoms with van der Waals surface area (Å²) in [5.41, 5.74) is 3.00. The summed E-state index contributed by atoms with van der Waals surface area (Å²) >= 11 is 0. The standard InChI is InChI=1S/C32H38FN7O/c1-23(2)39-15-13-38(14-16-39)17-18-41-30-9-8-24(19-26(30)21-34)28-22-36-32(37-28)11-10-31(35)40-12-4-7-29(40)25-5-3-6-27(33)20-25/h3,5-6,8-11,19-20,22-23,29,35H,4,7,12-18H2,1-2H3,(H,36,37). The van der Waals surface area contributed by atoms with Crippen LogP contribution < -0.4 is 4.74 Å². The Bertz CT molecular complexity index is 1420. The second-order valence-corrected chi connectivity index (χ2v) is 10.9. The normalized spacial score (nSPS) is 18.3. The highest BCUT2D eigenvalue weighted by atomic mass is 19.1. The first-order chi connectivity index (χ1) is 19.9. The van der Waals surface area contributed by atoms with Gasteiger partial charge in [-0.1, -0.05) is 12.1 Å². The number of aromatic nitrogens is 2. The number of halogens is 1. The van der Waals surface area contributed by atoms with Gasteiger partial charge in [0.2, 0.25) is 0 Å². The molecule has 2 fully saturated rings. The van der Waals surface area contributed by atoms with Crippen molar-refractivity contribution in [2.45, 2.75) is 38.8 Å². The molecular formula is C32H38FN7O. The lowest BCUT2D eigenvalue weighted by atomic mass is 10.0. The largest absolute Gasteiger partial charge is 0.491 e. The molecule has 1 aromatic heterocycles. The second kappa shape index (κ2) is 13.1. The van der Waals surface area contributed by atoms with Crippen molar-refractivity contribution in [1.82, 2.24) is 24.7 Å². The van der Waals surface area contributed by atoms with Crippen LogP contribution in [0.5, 0.6) is 5.75 Å². The highest BCUT2D eigenvalue weighted by molar-refractivity contribution is 5.94. The molecule has 0 bridgehead atoms. The maximum Gasteiger partial charge on any atom is 0.137 e. The number of hydrogen-bond donors (Lipinski definition) is 2. The molecule has 1 atom stereocenters. The molecule has 0 amide bonds. The minimum Gasteiger partial charge on any atom is -0.491 e. The summed E-state index contributed by atoms with van der Waals surface area (Å²) in [6.45, 7) is 10.8. The molecule has 0 spiro atoms. The third-order valence-electron chi connectivity index (χ3n) is 8.00. The lowest BCUT2D eigenvalue weighted by Gasteiger charge is -2.36. The fourth-order valence-corrected chi connectivity index (χ4v) is 5.64. The van der Waals surface area contributed by atoms with Crippen LogP contribution in [0.4, 0.5) is 4.39 Å². The highest BCUT2D eigenvalue weighted by Crippen LogP contribution is 2.32. The van der Waals surface area contributed by atoms with E-state index in [-0.39, 0.29) is 11.9 Å². The van der Waals surface area contributed by atoms with E-state index in [0.717, 1.165) is 68.9 Å². The smallest absolute Gasteiger partial charge is 0.137 e. The zero-order chi connectivity index (χ0) is 28.8. The molecule has 0 aliphatic carbocycles. The average molecular weight is 556 g/mol. The molecule has 2 aromatic carbocycles. The summed E-state index contributed by atoms with van der Waals surface area (Å²) < 4.78 is 19.8. The lowest BCUT2D eigenvalue weighted by molar-refractivity contribution is 0.0971. The SMILES string of the molecule is CC(C)N1CCN(CCOc2ccc(-c3cnc(C=CC(=N)N4CCCC4c4cccc(F)c4)[nH]3)cc2C#N)CC1. The van der Waals surface area contributed by atoms with Gasteiger partial charge in [-0.15, -0.1) is 0 Å². The zero-order valence-electron chi connectivity index (χ0n) is 23.8. The van der Waals surface area contributed by atoms with Crippen molar-refractivity contribution in [2.24, 2.45) is 0 Å². The van der Waals surface area contributed by atoms with Gasteiger partial charge in [0.25, 0.3) is 0 Å². The Labute approximate surface area is 241 Å². The van der Waals surface area contributed by atoms with Crippen LogP contribution in [0.1, 0.15) is 49.7 Å². The third kappa shape index (κ3) is 7.02. The minimum atomic E-state index is -0.255. The van der Waals surface area contributed by atoms with E-state index in [0.29, 0.717) is 35.6 Å². The molecule has 0 saturated carbocycles. The van der Waals surface area contributed by atoms with Gasteiger partial charge in [0.15, 0.2) is 0 Å². The molecule has 5 rings (SSSR count). The number of nitriles is 1. The number of piperazine rings is 1. The van der Waals surface area contributed by atoms with E-state index >= 15 is 0 Å². The fourth-order valence-electron chi connectivity index (χ4n) is 5.64. The van der Waals surface area contributed by atoms with E-state index in [2.05, 4.69) is 39.7 Å². The van der Waals surface area contributed by atoms with Gasteiger partial charge in [0, 0.05) is 50.9 Å². The first-order valence-corrected chi connectivity index (χ1v) is 14.4. The van der Waals surface area contributed by atoms with Crippen LogP contribution in [0.2, 0.25) is 0 Å². The highest BCUT2D eigenvalue weighted by Gasteiger charge is 2.27. The van der Waals surface area contributed by atoms with Crippen molar-refractivity contribution in [3.63, 3.8) is 0 Å². The summed E-state index contributed by atoms with van der Waals surface area (Å²) in [4.78, 5) is 14.6. The number of nitrogens with zero attached hydrogens (tertiary/aromatic N) is 5. The van der Waals surface area contributed by atoms with E-state index in [4.69, 9.17) is 10.1 Å². The molecule has 8 nitrogen and oxygen atoms in total. The molecule has 1 unspecified atom stereocenters. The molecule has 0 radical (unpaired) electrons. The van der Waals surface area contributed by atoms with E-state index in [9.17, 15) is 9.65 Å². The Morgan fingerprint density at radius 1 is 1.20 bits per heavy atom. The molecule has 3 aromatic rings. The van der Waals surface area contributed by atoms with Crippen LogP contribution in [0.15, 0.2) is 54.7 Å². The van der Waals surface area contributed by atoms with Crippen molar-refractivity contribution < 1.29 is 9.13 Å². The number of ether oxygens (including phenoxy) is 1. The molecule has 2 aliphatic heterocycles. The second-order valence-electron chi connectivity index (χ2n) is 10.9. The summed E-state index contributed by atoms with van der Waals surface area (Å²) in [6.07, 6.45) is 7.07. The summed E-state index contributed by atoms with van der Waals surface area (Å²) in [5.74, 6) is 1.31. The molecule has 2 saturated heterocycles. The van der Waals surface area contributed by atoms with Gasteiger partial charge in [-0.3, -0.25) is 15.2 Å². The molecular weight excluding hydrogens is 517 g/mol. The van der Waals surface area contributed by atoms with Crippen molar-refractivity contribution in [1.29, 1.82) is 10.7 Å². The van der Waals surface area contributed by atoms with Crippen molar-refractivity contribution >= 4 is 11.9 Å². The van der Waals surface area contributed by atoms with Crippen LogP contribution in [-0.4, -0.2) is 82.4 Å². The lowest BCUT2D eigenvalue weighted by Crippen LogP contribution is -2.49. The zero-order valence-corrected chi connectivity index (χ0v) is 23.8. The Balaban J connectivity index is 1.17. The predicted molar refractivity (Wildman–Crippen MR) is 159 cm³/mol. The number of aromatic amines is 1. The first-order valence-electron chi connectivity index (χ1n) is 14.4. The molecule has 9 heteroatoms. The number of imidazole rings is 1. The summed E-state index contributed by atoms with van der Waals surface area (Å²) in [5, 5.41) is 18.4. The molecule has 41 heavy (non-hydrogen) atoms. The Hall–Kier alpha value is -4.00. The third-order valence-corrected chi connectivity index (χ3v) is 8.00. The van der Waals surface area contributed by atoms with Gasteiger partial charge in [0.1, 0.15) is 35.9 Å². The van der Waals surface area contributed by atoms with Crippen molar-refractivity contribution in [3.8, 4) is 23.1 Å². The van der Waals surface area contributed by atoms with Crippen molar-refractivity contribution in [2.75, 3.05) is 45.9 Å². The van der Waals surface area contributed by atoms with Crippen LogP contribution in [0.25, 0.3) is 17.3 Å². The van der Waals surface area contributed by atoms with Gasteiger partial charge in [-0.25, -0.2) is 9.37 Å². The topological polar surface area (TPSA) is 95.3 Å². The van der Waals surface area contributed by atoms with Crippen LogP contribution in [0, 0.1) is 22.6 Å². The average Bonchev–Trinajstić information content (AvgIpc) is 3.67. The van der Waals surface area contributed by atoms with Gasteiger partial charge in [0.05, 0.1) is 23.5 Å². The Kier molecular flexibility index (Phi) is 9.12. The number of amidine groups is 1. The van der Waals surface area contributed by atoms with Gasteiger partial charge in [-0.05, 0) is 74.7 Å². The van der Waals surface area contributed by atoms with E-state index < -0.39 is 0 Å². The van der Waals surface area contributed by atoms with Gasteiger partial charge >= 0.3 is 0 Å². The summed E-state index contributed by atoms with van der Waals surface area (Å²) in [6, 6.07) is 15.1. The maximum absolute atomic E-state index is 13.8. The first kappa shape index (κ1) is 28.5. The summed E-state index contributed by atoms with van der Waals surface area (Å²) in [7, 11) is 0. The predicted octanol–water partition coefficient (Wildman–Crippen LogP) is 5.32. The number of likely N-dealkylation sites (tertiary alicyclic amines) is 1. The Morgan fingerprint density at radius 3 is 2.78 bits per heavy atom. The van der Waals surface area contributed by atoms with Crippen molar-refractivity contribution in [3.05, 3.63) is 77.5 Å². The molecule has 214 valence electrons. The van der Waals surface area contributed by atoms with Crippen LogP contribution in [0.3, 0.4) is 0 Å². The number of hydrogen-bond acceptors (Lipinski definition) is 6. The molecule has 3 heterocycles. The Morgan fingerprint density at radius 2 is 2.02 bits per heavy atom. The fraction of sp³-hybridized carbons (Fsp3) is 0.406. The maximum atomic E-state index is 13.8. The number of H-pyrrole nitrogens is 1. The number of benzene rings is 2. The van der Waals surface area contributed by atoms with Gasteiger partial charge in [-0.2, -0.15) is 5.26 Å². The monoisotopic (exact) mass is 555 g/mol. The van der Waals surface area contributed by atoms with Gasteiger partial charge < -0.3 is 14.6 Å².